The summed E-state index contributed by atoms with van der Waals surface area (Å²) in [5.74, 6) is -0.369. The number of carbonyl (C=O) groups is 2. The van der Waals surface area contributed by atoms with Crippen molar-refractivity contribution in [1.29, 1.82) is 0 Å². The molecule has 3 N–H and O–H groups in total. The van der Waals surface area contributed by atoms with E-state index in [9.17, 15) is 9.59 Å². The van der Waals surface area contributed by atoms with Crippen molar-refractivity contribution in [2.45, 2.75) is 13.8 Å². The number of aromatic nitrogens is 3. The van der Waals surface area contributed by atoms with Crippen molar-refractivity contribution in [1.82, 2.24) is 15.4 Å². The number of rotatable bonds is 8. The highest BCUT2D eigenvalue weighted by Gasteiger charge is 2.22. The number of carbonyl (C=O) groups excluding carboxylic acids is 2. The fourth-order valence-corrected chi connectivity index (χ4v) is 2.78. The average Bonchev–Trinajstić information content (AvgIpc) is 3.04. The molecule has 10 heteroatoms. The number of primary amides is 1. The summed E-state index contributed by atoms with van der Waals surface area (Å²) in [6.45, 7) is 3.87. The molecule has 1 heterocycles. The van der Waals surface area contributed by atoms with E-state index in [1.54, 1.807) is 19.1 Å². The molecule has 0 unspecified atom stereocenters. The summed E-state index contributed by atoms with van der Waals surface area (Å²) < 4.78 is 16.6. The highest BCUT2D eigenvalue weighted by atomic mass is 127. The lowest BCUT2D eigenvalue weighted by atomic mass is 10.1. The molecular formula is C15H17IN4O5. The maximum absolute atomic E-state index is 12.0. The van der Waals surface area contributed by atoms with Gasteiger partial charge in [-0.25, -0.2) is 4.79 Å². The maximum atomic E-state index is 12.0. The van der Waals surface area contributed by atoms with Gasteiger partial charge in [-0.2, -0.15) is 10.3 Å². The van der Waals surface area contributed by atoms with E-state index < -0.39 is 11.9 Å². The Kier molecular flexibility index (Phi) is 6.56. The van der Waals surface area contributed by atoms with E-state index in [-0.39, 0.29) is 18.9 Å². The topological polar surface area (TPSA) is 129 Å². The van der Waals surface area contributed by atoms with Gasteiger partial charge in [0, 0.05) is 5.56 Å². The molecule has 9 nitrogen and oxygen atoms in total. The fraction of sp³-hybridized carbons (Fsp3) is 0.333. The lowest BCUT2D eigenvalue weighted by Crippen LogP contribution is -2.20. The number of nitrogens with one attached hydrogen (secondary N) is 1. The number of amides is 1. The monoisotopic (exact) mass is 460 g/mol. The standard InChI is InChI=1S/C15H17IN4O5/c1-3-23-10-6-8(5-9(16)14(10)25-7-11(17)21)12-13(19-20-18-12)15(22)24-4-2/h5-6H,3-4,7H2,1-2H3,(H2,17,21)(H,18,19,20). The zero-order chi connectivity index (χ0) is 18.4. The molecule has 134 valence electrons. The van der Waals surface area contributed by atoms with Gasteiger partial charge in [-0.3, -0.25) is 4.79 Å². The normalized spacial score (nSPS) is 10.4. The maximum Gasteiger partial charge on any atom is 0.361 e. The number of H-pyrrole nitrogens is 1. The van der Waals surface area contributed by atoms with Crippen molar-refractivity contribution in [3.05, 3.63) is 21.4 Å². The molecule has 0 aliphatic carbocycles. The molecule has 1 aromatic carbocycles. The van der Waals surface area contributed by atoms with E-state index in [0.29, 0.717) is 32.9 Å². The number of nitrogens with zero attached hydrogens (tertiary/aromatic N) is 2. The predicted octanol–water partition coefficient (Wildman–Crippen LogP) is 1.52. The van der Waals surface area contributed by atoms with Gasteiger partial charge in [0.2, 0.25) is 0 Å². The molecule has 2 aromatic rings. The average molecular weight is 460 g/mol. The lowest BCUT2D eigenvalue weighted by molar-refractivity contribution is -0.120. The summed E-state index contributed by atoms with van der Waals surface area (Å²) in [5.41, 5.74) is 6.12. The molecule has 0 fully saturated rings. The predicted molar refractivity (Wildman–Crippen MR) is 96.4 cm³/mol. The number of esters is 1. The third-order valence-corrected chi connectivity index (χ3v) is 3.76. The summed E-state index contributed by atoms with van der Waals surface area (Å²) in [4.78, 5) is 23.0. The second-order valence-electron chi connectivity index (χ2n) is 4.71. The molecule has 25 heavy (non-hydrogen) atoms. The van der Waals surface area contributed by atoms with Crippen molar-refractivity contribution in [2.75, 3.05) is 19.8 Å². The van der Waals surface area contributed by atoms with Crippen LogP contribution >= 0.6 is 22.6 Å². The van der Waals surface area contributed by atoms with Crippen molar-refractivity contribution < 1.29 is 23.8 Å². The van der Waals surface area contributed by atoms with Crippen molar-refractivity contribution in [3.63, 3.8) is 0 Å². The number of aromatic amines is 1. The van der Waals surface area contributed by atoms with Crippen LogP contribution in [0.25, 0.3) is 11.3 Å². The zero-order valence-corrected chi connectivity index (χ0v) is 15.8. The molecule has 0 spiro atoms. The Bertz CT molecular complexity index is 777. The number of hydrogen-bond acceptors (Lipinski definition) is 7. The van der Waals surface area contributed by atoms with Crippen LogP contribution in [0, 0.1) is 3.57 Å². The Morgan fingerprint density at radius 2 is 1.96 bits per heavy atom. The van der Waals surface area contributed by atoms with Gasteiger partial charge in [0.1, 0.15) is 5.69 Å². The first kappa shape index (κ1) is 19.0. The van der Waals surface area contributed by atoms with Crippen LogP contribution in [0.4, 0.5) is 0 Å². The van der Waals surface area contributed by atoms with Gasteiger partial charge in [0.25, 0.3) is 5.91 Å². The van der Waals surface area contributed by atoms with Crippen molar-refractivity contribution >= 4 is 34.5 Å². The van der Waals surface area contributed by atoms with Gasteiger partial charge < -0.3 is 19.9 Å². The molecule has 2 rings (SSSR count). The quantitative estimate of drug-likeness (QED) is 0.451. The molecular weight excluding hydrogens is 443 g/mol. The minimum atomic E-state index is -0.594. The smallest absolute Gasteiger partial charge is 0.361 e. The van der Waals surface area contributed by atoms with Crippen LogP contribution in [0.5, 0.6) is 11.5 Å². The first-order valence-electron chi connectivity index (χ1n) is 7.43. The molecule has 0 bridgehead atoms. The van der Waals surface area contributed by atoms with Gasteiger partial charge in [-0.15, -0.1) is 5.10 Å². The summed E-state index contributed by atoms with van der Waals surface area (Å²) in [6, 6.07) is 3.39. The van der Waals surface area contributed by atoms with E-state index in [1.165, 1.54) is 0 Å². The third-order valence-electron chi connectivity index (χ3n) is 2.96. The summed E-state index contributed by atoms with van der Waals surface area (Å²) in [5, 5.41) is 10.3. The molecule has 0 aliphatic heterocycles. The Morgan fingerprint density at radius 1 is 1.20 bits per heavy atom. The molecule has 1 aromatic heterocycles. The lowest BCUT2D eigenvalue weighted by Gasteiger charge is -2.14. The van der Waals surface area contributed by atoms with Crippen LogP contribution in [0.2, 0.25) is 0 Å². The van der Waals surface area contributed by atoms with Crippen LogP contribution in [0.15, 0.2) is 12.1 Å². The number of benzene rings is 1. The van der Waals surface area contributed by atoms with Crippen LogP contribution in [0.3, 0.4) is 0 Å². The Hall–Kier alpha value is -2.37. The van der Waals surface area contributed by atoms with E-state index in [4.69, 9.17) is 19.9 Å². The second kappa shape index (κ2) is 8.65. The number of halogens is 1. The summed E-state index contributed by atoms with van der Waals surface area (Å²) >= 11 is 2.04. The fourth-order valence-electron chi connectivity index (χ4n) is 2.02. The number of ether oxygens (including phenoxy) is 3. The first-order valence-corrected chi connectivity index (χ1v) is 8.51. The Balaban J connectivity index is 2.45. The van der Waals surface area contributed by atoms with Crippen LogP contribution in [0.1, 0.15) is 24.3 Å². The largest absolute Gasteiger partial charge is 0.490 e. The Labute approximate surface area is 157 Å². The molecule has 0 radical (unpaired) electrons. The highest BCUT2D eigenvalue weighted by molar-refractivity contribution is 14.1. The van der Waals surface area contributed by atoms with E-state index in [1.807, 2.05) is 29.5 Å². The van der Waals surface area contributed by atoms with Gasteiger partial charge in [-0.05, 0) is 48.6 Å². The molecule has 0 atom stereocenters. The van der Waals surface area contributed by atoms with Crippen molar-refractivity contribution in [2.24, 2.45) is 5.73 Å². The zero-order valence-electron chi connectivity index (χ0n) is 13.7. The minimum absolute atomic E-state index is 0.0749. The molecule has 0 saturated carbocycles. The van der Waals surface area contributed by atoms with Crippen molar-refractivity contribution in [3.8, 4) is 22.8 Å². The van der Waals surface area contributed by atoms with Crippen LogP contribution in [-0.4, -0.2) is 47.1 Å². The second-order valence-corrected chi connectivity index (χ2v) is 5.88. The van der Waals surface area contributed by atoms with Crippen LogP contribution < -0.4 is 15.2 Å². The summed E-state index contributed by atoms with van der Waals surface area (Å²) in [7, 11) is 0. The SMILES string of the molecule is CCOC(=O)c1n[nH]nc1-c1cc(I)c(OCC(N)=O)c(OCC)c1. The highest BCUT2D eigenvalue weighted by Crippen LogP contribution is 2.37. The van der Waals surface area contributed by atoms with E-state index in [2.05, 4.69) is 15.4 Å². The summed E-state index contributed by atoms with van der Waals surface area (Å²) in [6.07, 6.45) is 0. The van der Waals surface area contributed by atoms with Gasteiger partial charge in [0.15, 0.2) is 23.8 Å². The third kappa shape index (κ3) is 4.59. The van der Waals surface area contributed by atoms with E-state index in [0.717, 1.165) is 0 Å². The minimum Gasteiger partial charge on any atom is -0.490 e. The van der Waals surface area contributed by atoms with Crippen LogP contribution in [-0.2, 0) is 9.53 Å². The number of nitrogens with two attached hydrogens (primary N) is 1. The Morgan fingerprint density at radius 3 is 2.60 bits per heavy atom. The van der Waals surface area contributed by atoms with Gasteiger partial charge in [0.05, 0.1) is 16.8 Å². The number of hydrogen-bond donors (Lipinski definition) is 2. The molecule has 1 amide bonds. The molecule has 0 saturated heterocycles. The van der Waals surface area contributed by atoms with E-state index >= 15 is 0 Å². The molecule has 0 aliphatic rings. The van der Waals surface area contributed by atoms with Gasteiger partial charge >= 0.3 is 5.97 Å². The van der Waals surface area contributed by atoms with Gasteiger partial charge in [-0.1, -0.05) is 0 Å². The first-order chi connectivity index (χ1) is 12.0.